The van der Waals surface area contributed by atoms with E-state index in [4.69, 9.17) is 4.98 Å². The number of nitrogens with zero attached hydrogens (tertiary/aromatic N) is 3. The zero-order valence-electron chi connectivity index (χ0n) is 10.2. The molecule has 18 heavy (non-hydrogen) atoms. The van der Waals surface area contributed by atoms with E-state index in [9.17, 15) is 0 Å². The van der Waals surface area contributed by atoms with Gasteiger partial charge in [-0.2, -0.15) is 0 Å². The normalized spacial score (nSPS) is 10.9. The number of rotatable bonds is 3. The molecule has 90 valence electrons. The minimum absolute atomic E-state index is 0.758. The van der Waals surface area contributed by atoms with Crippen LogP contribution in [0, 0.1) is 0 Å². The predicted molar refractivity (Wildman–Crippen MR) is 71.2 cm³/mol. The van der Waals surface area contributed by atoms with Crippen molar-refractivity contribution in [3.63, 3.8) is 0 Å². The van der Waals surface area contributed by atoms with E-state index >= 15 is 0 Å². The Labute approximate surface area is 105 Å². The molecular weight excluding hydrogens is 224 g/mol. The van der Waals surface area contributed by atoms with Crippen LogP contribution < -0.4 is 5.32 Å². The molecule has 0 saturated carbocycles. The molecule has 3 heterocycles. The molecule has 3 rings (SSSR count). The Balaban J connectivity index is 2.24. The Bertz CT molecular complexity index is 658. The van der Waals surface area contributed by atoms with Crippen LogP contribution in [0.2, 0.25) is 0 Å². The molecule has 1 N–H and O–H groups in total. The highest BCUT2D eigenvalue weighted by molar-refractivity contribution is 5.64. The highest BCUT2D eigenvalue weighted by Gasteiger charge is 2.11. The van der Waals surface area contributed by atoms with Crippen LogP contribution in [0.1, 0.15) is 5.69 Å². The van der Waals surface area contributed by atoms with Gasteiger partial charge in [-0.05, 0) is 31.3 Å². The first kappa shape index (κ1) is 10.9. The fourth-order valence-electron chi connectivity index (χ4n) is 2.10. The minimum atomic E-state index is 0.758. The second-order valence-electron chi connectivity index (χ2n) is 4.11. The number of pyridine rings is 2. The number of imidazole rings is 1. The average molecular weight is 238 g/mol. The maximum atomic E-state index is 4.71. The molecule has 0 fully saturated rings. The van der Waals surface area contributed by atoms with Crippen molar-refractivity contribution in [2.24, 2.45) is 0 Å². The highest BCUT2D eigenvalue weighted by Crippen LogP contribution is 2.21. The van der Waals surface area contributed by atoms with Crippen LogP contribution >= 0.6 is 0 Å². The third-order valence-corrected chi connectivity index (χ3v) is 2.89. The summed E-state index contributed by atoms with van der Waals surface area (Å²) >= 11 is 0. The van der Waals surface area contributed by atoms with Crippen molar-refractivity contribution < 1.29 is 0 Å². The zero-order valence-corrected chi connectivity index (χ0v) is 10.2. The maximum Gasteiger partial charge on any atom is 0.146 e. The molecule has 0 amide bonds. The molecule has 0 aliphatic rings. The number of aromatic nitrogens is 3. The molecular formula is C14H14N4. The first-order valence-corrected chi connectivity index (χ1v) is 5.91. The summed E-state index contributed by atoms with van der Waals surface area (Å²) in [7, 11) is 1.93. The smallest absolute Gasteiger partial charge is 0.146 e. The monoisotopic (exact) mass is 238 g/mol. The van der Waals surface area contributed by atoms with Gasteiger partial charge in [0, 0.05) is 30.7 Å². The number of nitrogens with one attached hydrogen (secondary N) is 1. The summed E-state index contributed by atoms with van der Waals surface area (Å²) in [6.45, 7) is 0.758. The van der Waals surface area contributed by atoms with Crippen molar-refractivity contribution in [2.45, 2.75) is 6.54 Å². The SMILES string of the molecule is CNCc1nc(-c2cccnc2)n2ccccc12. The molecule has 0 atom stereocenters. The van der Waals surface area contributed by atoms with Crippen molar-refractivity contribution in [2.75, 3.05) is 7.05 Å². The van der Waals surface area contributed by atoms with Gasteiger partial charge in [0.15, 0.2) is 0 Å². The van der Waals surface area contributed by atoms with Gasteiger partial charge in [-0.15, -0.1) is 0 Å². The fourth-order valence-corrected chi connectivity index (χ4v) is 2.10. The molecule has 0 spiro atoms. The van der Waals surface area contributed by atoms with Gasteiger partial charge in [0.1, 0.15) is 5.82 Å². The van der Waals surface area contributed by atoms with Gasteiger partial charge in [-0.1, -0.05) is 6.07 Å². The molecule has 0 aromatic carbocycles. The molecule has 4 nitrogen and oxygen atoms in total. The molecule has 0 unspecified atom stereocenters. The summed E-state index contributed by atoms with van der Waals surface area (Å²) in [5.41, 5.74) is 3.21. The van der Waals surface area contributed by atoms with Gasteiger partial charge < -0.3 is 5.32 Å². The topological polar surface area (TPSA) is 42.2 Å². The lowest BCUT2D eigenvalue weighted by atomic mass is 10.3. The van der Waals surface area contributed by atoms with Crippen molar-refractivity contribution in [1.29, 1.82) is 0 Å². The molecule has 0 radical (unpaired) electrons. The van der Waals surface area contributed by atoms with Crippen LogP contribution in [0.15, 0.2) is 48.9 Å². The summed E-state index contributed by atoms with van der Waals surface area (Å²) in [4.78, 5) is 8.86. The molecule has 3 aromatic heterocycles. The molecule has 0 aliphatic carbocycles. The van der Waals surface area contributed by atoms with Gasteiger partial charge >= 0.3 is 0 Å². The summed E-state index contributed by atoms with van der Waals surface area (Å²) in [6, 6.07) is 10.1. The second-order valence-corrected chi connectivity index (χ2v) is 4.11. The lowest BCUT2D eigenvalue weighted by Gasteiger charge is -1.99. The molecule has 0 aliphatic heterocycles. The van der Waals surface area contributed by atoms with Crippen LogP contribution in [0.5, 0.6) is 0 Å². The Hall–Kier alpha value is -2.20. The minimum Gasteiger partial charge on any atom is -0.314 e. The summed E-state index contributed by atoms with van der Waals surface area (Å²) in [5, 5.41) is 3.15. The summed E-state index contributed by atoms with van der Waals surface area (Å²) in [5.74, 6) is 0.934. The highest BCUT2D eigenvalue weighted by atomic mass is 15.0. The number of fused-ring (bicyclic) bond motifs is 1. The van der Waals surface area contributed by atoms with Crippen molar-refractivity contribution in [3.8, 4) is 11.4 Å². The fraction of sp³-hybridized carbons (Fsp3) is 0.143. The van der Waals surface area contributed by atoms with Crippen LogP contribution in [0.25, 0.3) is 16.9 Å². The number of hydrogen-bond acceptors (Lipinski definition) is 3. The standard InChI is InChI=1S/C14H14N4/c1-15-10-12-13-6-2-3-8-18(13)14(17-12)11-5-4-7-16-9-11/h2-9,15H,10H2,1H3. The van der Waals surface area contributed by atoms with Crippen LogP contribution in [-0.2, 0) is 6.54 Å². The molecule has 3 aromatic rings. The van der Waals surface area contributed by atoms with E-state index in [2.05, 4.69) is 20.8 Å². The van der Waals surface area contributed by atoms with Gasteiger partial charge in [0.05, 0.1) is 11.2 Å². The van der Waals surface area contributed by atoms with Crippen LogP contribution in [0.3, 0.4) is 0 Å². The van der Waals surface area contributed by atoms with Gasteiger partial charge in [-0.3, -0.25) is 9.38 Å². The first-order valence-electron chi connectivity index (χ1n) is 5.91. The summed E-state index contributed by atoms with van der Waals surface area (Å²) < 4.78 is 2.10. The Kier molecular flexibility index (Phi) is 2.78. The van der Waals surface area contributed by atoms with Crippen LogP contribution in [0.4, 0.5) is 0 Å². The number of hydrogen-bond donors (Lipinski definition) is 1. The van der Waals surface area contributed by atoms with E-state index in [1.54, 1.807) is 6.20 Å². The Morgan fingerprint density at radius 2 is 2.17 bits per heavy atom. The largest absolute Gasteiger partial charge is 0.314 e. The van der Waals surface area contributed by atoms with E-state index < -0.39 is 0 Å². The average Bonchev–Trinajstić information content (AvgIpc) is 2.80. The van der Waals surface area contributed by atoms with E-state index in [-0.39, 0.29) is 0 Å². The van der Waals surface area contributed by atoms with E-state index in [0.29, 0.717) is 0 Å². The van der Waals surface area contributed by atoms with Gasteiger partial charge in [0.2, 0.25) is 0 Å². The summed E-state index contributed by atoms with van der Waals surface area (Å²) in [6.07, 6.45) is 5.64. The third-order valence-electron chi connectivity index (χ3n) is 2.89. The first-order chi connectivity index (χ1) is 8.90. The third kappa shape index (κ3) is 1.76. The van der Waals surface area contributed by atoms with Crippen molar-refractivity contribution >= 4 is 5.52 Å². The molecule has 0 saturated heterocycles. The second kappa shape index (κ2) is 4.58. The van der Waals surface area contributed by atoms with E-state index in [1.165, 1.54) is 0 Å². The van der Waals surface area contributed by atoms with Crippen LogP contribution in [-0.4, -0.2) is 21.4 Å². The van der Waals surface area contributed by atoms with E-state index in [1.807, 2.05) is 43.7 Å². The van der Waals surface area contributed by atoms with Crippen molar-refractivity contribution in [3.05, 3.63) is 54.6 Å². The lowest BCUT2D eigenvalue weighted by Crippen LogP contribution is -2.05. The predicted octanol–water partition coefficient (Wildman–Crippen LogP) is 2.12. The quantitative estimate of drug-likeness (QED) is 0.760. The Morgan fingerprint density at radius 3 is 2.94 bits per heavy atom. The molecule has 4 heteroatoms. The zero-order chi connectivity index (χ0) is 12.4. The Morgan fingerprint density at radius 1 is 1.22 bits per heavy atom. The van der Waals surface area contributed by atoms with Crippen molar-refractivity contribution in [1.82, 2.24) is 19.7 Å². The van der Waals surface area contributed by atoms with Gasteiger partial charge in [0.25, 0.3) is 0 Å². The van der Waals surface area contributed by atoms with E-state index in [0.717, 1.165) is 29.1 Å². The molecule has 0 bridgehead atoms. The lowest BCUT2D eigenvalue weighted by molar-refractivity contribution is 0.803. The maximum absolute atomic E-state index is 4.71. The van der Waals surface area contributed by atoms with Gasteiger partial charge in [-0.25, -0.2) is 4.98 Å².